The summed E-state index contributed by atoms with van der Waals surface area (Å²) in [5.74, 6) is 7.84. The van der Waals surface area contributed by atoms with Gasteiger partial charge < -0.3 is 5.11 Å². The first-order chi connectivity index (χ1) is 5.81. The van der Waals surface area contributed by atoms with Gasteiger partial charge in [-0.3, -0.25) is 0 Å². The van der Waals surface area contributed by atoms with E-state index in [0.717, 1.165) is 12.8 Å². The summed E-state index contributed by atoms with van der Waals surface area (Å²) < 4.78 is 0. The quantitative estimate of drug-likeness (QED) is 0.522. The molecule has 1 atom stereocenters. The van der Waals surface area contributed by atoms with E-state index in [0.29, 0.717) is 6.42 Å². The Bertz CT molecular complexity index is 226. The van der Waals surface area contributed by atoms with Crippen LogP contribution >= 0.6 is 11.6 Å². The second-order valence-corrected chi connectivity index (χ2v) is 2.44. The fraction of sp³-hybridized carbons (Fsp3) is 0.400. The van der Waals surface area contributed by atoms with Crippen LogP contribution in [0.4, 0.5) is 0 Å². The molecule has 1 unspecified atom stereocenters. The van der Waals surface area contributed by atoms with Crippen LogP contribution in [0.15, 0.2) is 11.6 Å². The molecule has 0 fully saturated rings. The highest BCUT2D eigenvalue weighted by Gasteiger charge is 1.95. The summed E-state index contributed by atoms with van der Waals surface area (Å²) in [6, 6.07) is 0. The number of hydrogen-bond acceptors (Lipinski definition) is 1. The van der Waals surface area contributed by atoms with Crippen molar-refractivity contribution in [2.75, 3.05) is 0 Å². The van der Waals surface area contributed by atoms with E-state index in [1.54, 1.807) is 6.08 Å². The highest BCUT2D eigenvalue weighted by Crippen LogP contribution is 1.98. The zero-order valence-corrected chi connectivity index (χ0v) is 7.51. The molecule has 0 spiro atoms. The Hall–Kier alpha value is -0.890. The molecule has 0 aromatic carbocycles. The molecular weight excluding hydrogens is 172 g/mol. The normalized spacial score (nSPS) is 11.8. The van der Waals surface area contributed by atoms with Gasteiger partial charge in [0.25, 0.3) is 0 Å². The summed E-state index contributed by atoms with van der Waals surface area (Å²) in [5.41, 5.74) is 1.36. The molecule has 1 N–H and O–H groups in total. The van der Waals surface area contributed by atoms with Crippen molar-refractivity contribution in [1.82, 2.24) is 0 Å². The van der Waals surface area contributed by atoms with Crippen molar-refractivity contribution in [2.24, 2.45) is 0 Å². The first-order valence-corrected chi connectivity index (χ1v) is 4.12. The lowest BCUT2D eigenvalue weighted by molar-refractivity contribution is 0.219. The van der Waals surface area contributed by atoms with Crippen LogP contribution in [0.5, 0.6) is 0 Å². The summed E-state index contributed by atoms with van der Waals surface area (Å²) >= 11 is 5.24. The summed E-state index contributed by atoms with van der Waals surface area (Å²) in [6.07, 6.45) is 8.07. The van der Waals surface area contributed by atoms with Crippen LogP contribution in [-0.2, 0) is 0 Å². The molecule has 0 aliphatic carbocycles. The van der Waals surface area contributed by atoms with Gasteiger partial charge >= 0.3 is 0 Å². The second-order valence-electron chi connectivity index (χ2n) is 2.19. The van der Waals surface area contributed by atoms with E-state index >= 15 is 0 Å². The number of allylic oxidation sites excluding steroid dienone is 1. The van der Waals surface area contributed by atoms with E-state index in [2.05, 4.69) is 17.8 Å². The van der Waals surface area contributed by atoms with Crippen LogP contribution in [0.2, 0.25) is 0 Å². The zero-order valence-electron chi connectivity index (χ0n) is 6.76. The number of unbranched alkanes of at least 4 members (excludes halogenated alkanes) is 1. The maximum absolute atomic E-state index is 8.94. The van der Waals surface area contributed by atoms with Gasteiger partial charge in [0.1, 0.15) is 6.10 Å². The van der Waals surface area contributed by atoms with E-state index in [-0.39, 0.29) is 0 Å². The van der Waals surface area contributed by atoms with Crippen molar-refractivity contribution >= 4 is 11.6 Å². The molecule has 0 heterocycles. The molecule has 1 nitrogen and oxygen atoms in total. The maximum Gasteiger partial charge on any atom is 0.114 e. The molecule has 0 aliphatic heterocycles. The molecule has 0 bridgehead atoms. The number of aliphatic hydroxyl groups excluding tert-OH is 1. The first kappa shape index (κ1) is 11.1. The molecule has 0 aliphatic rings. The molecule has 0 amide bonds. The molecule has 0 saturated heterocycles. The SMILES string of the molecule is C#CC(O)CCCC#C/C=C\Cl. The van der Waals surface area contributed by atoms with Crippen molar-refractivity contribution < 1.29 is 5.11 Å². The Morgan fingerprint density at radius 2 is 2.33 bits per heavy atom. The molecule has 64 valence electrons. The first-order valence-electron chi connectivity index (χ1n) is 3.69. The standard InChI is InChI=1S/C10H11ClO/c1-2-10(12)8-6-4-3-5-7-9-11/h1,7,9-10,12H,4,6,8H2/b9-7-. The van der Waals surface area contributed by atoms with Crippen molar-refractivity contribution in [3.63, 3.8) is 0 Å². The van der Waals surface area contributed by atoms with Gasteiger partial charge in [-0.2, -0.15) is 0 Å². The van der Waals surface area contributed by atoms with Gasteiger partial charge in [0, 0.05) is 12.0 Å². The van der Waals surface area contributed by atoms with Crippen LogP contribution in [-0.4, -0.2) is 11.2 Å². The number of terminal acetylenes is 1. The van der Waals surface area contributed by atoms with Gasteiger partial charge in [0.2, 0.25) is 0 Å². The van der Waals surface area contributed by atoms with Crippen molar-refractivity contribution in [2.45, 2.75) is 25.4 Å². The third-order valence-electron chi connectivity index (χ3n) is 1.22. The summed E-state index contributed by atoms with van der Waals surface area (Å²) in [4.78, 5) is 0. The van der Waals surface area contributed by atoms with Crippen LogP contribution in [0.25, 0.3) is 0 Å². The van der Waals surface area contributed by atoms with E-state index < -0.39 is 6.10 Å². The summed E-state index contributed by atoms with van der Waals surface area (Å²) in [5, 5.41) is 8.94. The van der Waals surface area contributed by atoms with Gasteiger partial charge in [-0.05, 0) is 18.9 Å². The maximum atomic E-state index is 8.94. The van der Waals surface area contributed by atoms with Crippen LogP contribution in [0, 0.1) is 24.2 Å². The molecular formula is C10H11ClO. The van der Waals surface area contributed by atoms with E-state index in [4.69, 9.17) is 23.1 Å². The smallest absolute Gasteiger partial charge is 0.114 e. The fourth-order valence-corrected chi connectivity index (χ4v) is 0.693. The van der Waals surface area contributed by atoms with Crippen LogP contribution in [0.1, 0.15) is 19.3 Å². The Morgan fingerprint density at radius 1 is 1.58 bits per heavy atom. The fourth-order valence-electron chi connectivity index (χ4n) is 0.630. The predicted molar refractivity (Wildman–Crippen MR) is 51.5 cm³/mol. The zero-order chi connectivity index (χ0) is 9.23. The topological polar surface area (TPSA) is 20.2 Å². The average molecular weight is 183 g/mol. The van der Waals surface area contributed by atoms with E-state index in [9.17, 15) is 0 Å². The Morgan fingerprint density at radius 3 is 2.92 bits per heavy atom. The van der Waals surface area contributed by atoms with Crippen LogP contribution in [0.3, 0.4) is 0 Å². The third kappa shape index (κ3) is 7.22. The highest BCUT2D eigenvalue weighted by molar-refractivity contribution is 6.25. The van der Waals surface area contributed by atoms with Crippen LogP contribution < -0.4 is 0 Å². The average Bonchev–Trinajstić information content (AvgIpc) is 2.10. The van der Waals surface area contributed by atoms with Gasteiger partial charge in [-0.25, -0.2) is 0 Å². The van der Waals surface area contributed by atoms with Crippen molar-refractivity contribution in [3.05, 3.63) is 11.6 Å². The minimum atomic E-state index is -0.629. The van der Waals surface area contributed by atoms with Gasteiger partial charge in [-0.15, -0.1) is 6.42 Å². The second kappa shape index (κ2) is 8.21. The van der Waals surface area contributed by atoms with Gasteiger partial charge in [-0.1, -0.05) is 29.4 Å². The molecule has 0 radical (unpaired) electrons. The van der Waals surface area contributed by atoms with Crippen molar-refractivity contribution in [1.29, 1.82) is 0 Å². The minimum absolute atomic E-state index is 0.607. The minimum Gasteiger partial charge on any atom is -0.380 e. The lowest BCUT2D eigenvalue weighted by Gasteiger charge is -1.98. The third-order valence-corrected chi connectivity index (χ3v) is 1.35. The predicted octanol–water partition coefficient (Wildman–Crippen LogP) is 1.91. The molecule has 0 saturated carbocycles. The van der Waals surface area contributed by atoms with Gasteiger partial charge in [0.15, 0.2) is 0 Å². The van der Waals surface area contributed by atoms with Gasteiger partial charge in [0.05, 0.1) is 0 Å². The Balaban J connectivity index is 3.36. The highest BCUT2D eigenvalue weighted by atomic mass is 35.5. The largest absolute Gasteiger partial charge is 0.380 e. The number of aliphatic hydroxyl groups is 1. The summed E-state index contributed by atoms with van der Waals surface area (Å²) in [7, 11) is 0. The van der Waals surface area contributed by atoms with Crippen molar-refractivity contribution in [3.8, 4) is 24.2 Å². The number of halogens is 1. The molecule has 12 heavy (non-hydrogen) atoms. The Labute approximate surface area is 78.4 Å². The Kier molecular flexibility index (Phi) is 7.60. The lowest BCUT2D eigenvalue weighted by Crippen LogP contribution is -2.00. The van der Waals surface area contributed by atoms with E-state index in [1.165, 1.54) is 5.54 Å². The molecule has 0 rings (SSSR count). The number of rotatable bonds is 3. The lowest BCUT2D eigenvalue weighted by atomic mass is 10.1. The molecule has 0 aromatic heterocycles. The number of hydrogen-bond donors (Lipinski definition) is 1. The molecule has 2 heteroatoms. The van der Waals surface area contributed by atoms with E-state index in [1.807, 2.05) is 0 Å². The molecule has 0 aromatic rings. The monoisotopic (exact) mass is 182 g/mol. The summed E-state index contributed by atoms with van der Waals surface area (Å²) in [6.45, 7) is 0.